The summed E-state index contributed by atoms with van der Waals surface area (Å²) in [5.41, 5.74) is 14.6. The molecule has 1 rings (SSSR count). The van der Waals surface area contributed by atoms with E-state index in [0.717, 1.165) is 0 Å². The molecule has 0 amide bonds. The number of aliphatic hydroxyl groups excluding tert-OH is 2. The summed E-state index contributed by atoms with van der Waals surface area (Å²) in [6.45, 7) is 0.110. The Morgan fingerprint density at radius 3 is 2.83 bits per heavy atom. The molecule has 0 aliphatic rings. The fourth-order valence-electron chi connectivity index (χ4n) is 1.54. The Balaban J connectivity index is 2.81. The molecule has 0 fully saturated rings. The third-order valence-electron chi connectivity index (χ3n) is 2.57. The maximum absolute atomic E-state index is 9.97. The van der Waals surface area contributed by atoms with Gasteiger partial charge >= 0.3 is 0 Å². The van der Waals surface area contributed by atoms with E-state index in [0.29, 0.717) is 17.0 Å². The number of hydrogen-bond acceptors (Lipinski definition) is 5. The van der Waals surface area contributed by atoms with Gasteiger partial charge in [-0.25, -0.2) is 0 Å². The molecular weight excluding hydrogens is 236 g/mol. The van der Waals surface area contributed by atoms with Crippen molar-refractivity contribution in [2.24, 2.45) is 5.11 Å². The van der Waals surface area contributed by atoms with Crippen molar-refractivity contribution in [2.45, 2.75) is 18.6 Å². The third-order valence-corrected chi connectivity index (χ3v) is 2.57. The Hall–Kier alpha value is -1.95. The molecule has 4 N–H and O–H groups in total. The van der Waals surface area contributed by atoms with E-state index in [9.17, 15) is 10.2 Å². The van der Waals surface area contributed by atoms with Gasteiger partial charge in [0.25, 0.3) is 0 Å². The molecule has 18 heavy (non-hydrogen) atoms. The fraction of sp³-hybridized carbons (Fsp3) is 0.455. The SMILES string of the molecule is COc1ccc(N)c(C(O)C(O)CCN=[N+]=[N-])c1. The molecule has 0 aliphatic heterocycles. The molecular formula is C11H16N4O3. The van der Waals surface area contributed by atoms with Gasteiger partial charge < -0.3 is 20.7 Å². The van der Waals surface area contributed by atoms with Gasteiger partial charge in [-0.3, -0.25) is 0 Å². The lowest BCUT2D eigenvalue weighted by molar-refractivity contribution is 0.0154. The number of nitrogens with two attached hydrogens (primary N) is 1. The summed E-state index contributed by atoms with van der Waals surface area (Å²) in [4.78, 5) is 2.57. The molecule has 1 aromatic rings. The normalized spacial score (nSPS) is 13.5. The standard InChI is InChI=1S/C11H16N4O3/c1-18-7-2-3-9(12)8(6-7)11(17)10(16)4-5-14-15-13/h2-3,6,10-11,16-17H,4-5,12H2,1H3. The number of nitrogen functional groups attached to an aromatic ring is 1. The van der Waals surface area contributed by atoms with E-state index in [4.69, 9.17) is 16.0 Å². The molecule has 0 spiro atoms. The van der Waals surface area contributed by atoms with Crippen LogP contribution in [0.5, 0.6) is 5.75 Å². The van der Waals surface area contributed by atoms with Gasteiger partial charge in [-0.15, -0.1) is 0 Å². The highest BCUT2D eigenvalue weighted by atomic mass is 16.5. The van der Waals surface area contributed by atoms with Crippen molar-refractivity contribution in [1.82, 2.24) is 0 Å². The maximum atomic E-state index is 9.97. The highest BCUT2D eigenvalue weighted by Gasteiger charge is 2.20. The van der Waals surface area contributed by atoms with E-state index >= 15 is 0 Å². The molecule has 0 radical (unpaired) electrons. The molecule has 0 aliphatic carbocycles. The van der Waals surface area contributed by atoms with Crippen LogP contribution in [0.4, 0.5) is 5.69 Å². The van der Waals surface area contributed by atoms with E-state index in [2.05, 4.69) is 10.0 Å². The number of methoxy groups -OCH3 is 1. The Kier molecular flexibility index (Phi) is 5.26. The number of benzene rings is 1. The van der Waals surface area contributed by atoms with Crippen molar-refractivity contribution in [2.75, 3.05) is 19.4 Å². The Morgan fingerprint density at radius 2 is 2.22 bits per heavy atom. The average molecular weight is 252 g/mol. The minimum atomic E-state index is -1.14. The van der Waals surface area contributed by atoms with E-state index < -0.39 is 12.2 Å². The van der Waals surface area contributed by atoms with Crippen LogP contribution in [-0.4, -0.2) is 30.0 Å². The van der Waals surface area contributed by atoms with Crippen LogP contribution >= 0.6 is 0 Å². The molecule has 98 valence electrons. The Morgan fingerprint density at radius 1 is 1.50 bits per heavy atom. The summed E-state index contributed by atoms with van der Waals surface area (Å²) in [5, 5.41) is 23.0. The third kappa shape index (κ3) is 3.53. The van der Waals surface area contributed by atoms with Crippen molar-refractivity contribution in [3.63, 3.8) is 0 Å². The number of nitrogens with zero attached hydrogens (tertiary/aromatic N) is 3. The zero-order valence-electron chi connectivity index (χ0n) is 10.0. The zero-order valence-corrected chi connectivity index (χ0v) is 10.0. The lowest BCUT2D eigenvalue weighted by Crippen LogP contribution is -2.20. The predicted molar refractivity (Wildman–Crippen MR) is 67.0 cm³/mol. The Bertz CT molecular complexity index is 446. The molecule has 7 heteroatoms. The first-order valence-corrected chi connectivity index (χ1v) is 5.40. The number of anilines is 1. The van der Waals surface area contributed by atoms with Crippen molar-refractivity contribution in [3.05, 3.63) is 34.2 Å². The number of aliphatic hydroxyl groups is 2. The zero-order chi connectivity index (χ0) is 13.5. The van der Waals surface area contributed by atoms with Crippen LogP contribution < -0.4 is 10.5 Å². The maximum Gasteiger partial charge on any atom is 0.119 e. The van der Waals surface area contributed by atoms with Gasteiger partial charge in [-0.1, -0.05) is 5.11 Å². The topological polar surface area (TPSA) is 124 Å². The number of hydrogen-bond donors (Lipinski definition) is 3. The number of azide groups is 1. The van der Waals surface area contributed by atoms with Crippen molar-refractivity contribution in [3.8, 4) is 5.75 Å². The van der Waals surface area contributed by atoms with Crippen LogP contribution in [-0.2, 0) is 0 Å². The number of ether oxygens (including phenoxy) is 1. The largest absolute Gasteiger partial charge is 0.497 e. The predicted octanol–water partition coefficient (Wildman–Crippen LogP) is 1.37. The molecule has 7 nitrogen and oxygen atoms in total. The Labute approximate surface area is 104 Å². The highest BCUT2D eigenvalue weighted by molar-refractivity contribution is 5.51. The molecule has 0 aromatic heterocycles. The lowest BCUT2D eigenvalue weighted by Gasteiger charge is -2.19. The molecule has 2 atom stereocenters. The van der Waals surface area contributed by atoms with Gasteiger partial charge in [-0.2, -0.15) is 0 Å². The van der Waals surface area contributed by atoms with Crippen LogP contribution in [0.1, 0.15) is 18.1 Å². The first-order valence-electron chi connectivity index (χ1n) is 5.40. The van der Waals surface area contributed by atoms with Crippen LogP contribution in [0.25, 0.3) is 10.4 Å². The summed E-state index contributed by atoms with van der Waals surface area (Å²) in [7, 11) is 1.50. The van der Waals surface area contributed by atoms with Crippen LogP contribution in [0, 0.1) is 0 Å². The monoisotopic (exact) mass is 252 g/mol. The summed E-state index contributed by atoms with van der Waals surface area (Å²) >= 11 is 0. The summed E-state index contributed by atoms with van der Waals surface area (Å²) in [5.74, 6) is 0.542. The van der Waals surface area contributed by atoms with Crippen LogP contribution in [0.3, 0.4) is 0 Å². The van der Waals surface area contributed by atoms with E-state index in [1.807, 2.05) is 0 Å². The first kappa shape index (κ1) is 14.1. The molecule has 1 aromatic carbocycles. The second-order valence-corrected chi connectivity index (χ2v) is 3.75. The van der Waals surface area contributed by atoms with Gasteiger partial charge in [0, 0.05) is 22.7 Å². The molecule has 0 bridgehead atoms. The van der Waals surface area contributed by atoms with Crippen LogP contribution in [0.2, 0.25) is 0 Å². The molecule has 0 heterocycles. The smallest absolute Gasteiger partial charge is 0.119 e. The fourth-order valence-corrected chi connectivity index (χ4v) is 1.54. The second kappa shape index (κ2) is 6.70. The average Bonchev–Trinajstić information content (AvgIpc) is 2.38. The minimum absolute atomic E-state index is 0.110. The van der Waals surface area contributed by atoms with Crippen molar-refractivity contribution in [1.29, 1.82) is 0 Å². The van der Waals surface area contributed by atoms with E-state index in [-0.39, 0.29) is 13.0 Å². The number of rotatable bonds is 6. The first-order chi connectivity index (χ1) is 8.60. The minimum Gasteiger partial charge on any atom is -0.497 e. The molecule has 0 saturated carbocycles. The molecule has 2 unspecified atom stereocenters. The van der Waals surface area contributed by atoms with E-state index in [1.165, 1.54) is 7.11 Å². The van der Waals surface area contributed by atoms with Gasteiger partial charge in [0.15, 0.2) is 0 Å². The lowest BCUT2D eigenvalue weighted by atomic mass is 10.0. The van der Waals surface area contributed by atoms with Gasteiger partial charge in [0.1, 0.15) is 11.9 Å². The van der Waals surface area contributed by atoms with Crippen molar-refractivity contribution >= 4 is 5.69 Å². The van der Waals surface area contributed by atoms with Gasteiger partial charge in [-0.05, 0) is 30.2 Å². The summed E-state index contributed by atoms with van der Waals surface area (Å²) in [6.07, 6.45) is -2.04. The summed E-state index contributed by atoms with van der Waals surface area (Å²) in [6, 6.07) is 4.83. The summed E-state index contributed by atoms with van der Waals surface area (Å²) < 4.78 is 5.02. The van der Waals surface area contributed by atoms with Crippen LogP contribution in [0.15, 0.2) is 23.3 Å². The quantitative estimate of drug-likeness (QED) is 0.306. The van der Waals surface area contributed by atoms with E-state index in [1.54, 1.807) is 18.2 Å². The highest BCUT2D eigenvalue weighted by Crippen LogP contribution is 2.28. The second-order valence-electron chi connectivity index (χ2n) is 3.75. The van der Waals surface area contributed by atoms with Crippen molar-refractivity contribution < 1.29 is 14.9 Å². The van der Waals surface area contributed by atoms with Gasteiger partial charge in [0.05, 0.1) is 13.2 Å². The van der Waals surface area contributed by atoms with Gasteiger partial charge in [0.2, 0.25) is 0 Å². The molecule has 0 saturated heterocycles.